The van der Waals surface area contributed by atoms with E-state index in [1.807, 2.05) is 115 Å². The molecular formula is C51H32N4O. The first-order chi connectivity index (χ1) is 29.9. The van der Waals surface area contributed by atoms with Crippen LogP contribution in [0.2, 0.25) is 0 Å². The number of hydrogen-bond acceptors (Lipinski definition) is 4. The van der Waals surface area contributed by atoms with E-state index in [2.05, 4.69) is 53.1 Å². The van der Waals surface area contributed by atoms with E-state index in [4.69, 9.17) is 26.2 Å². The van der Waals surface area contributed by atoms with Crippen LogP contribution in [0, 0.1) is 0 Å². The molecule has 3 aromatic heterocycles. The molecule has 0 aliphatic rings. The van der Waals surface area contributed by atoms with Crippen LogP contribution in [0.25, 0.3) is 106 Å². The average Bonchev–Trinajstić information content (AvgIpc) is 3.87. The minimum atomic E-state index is -0.457. The molecule has 5 nitrogen and oxygen atoms in total. The summed E-state index contributed by atoms with van der Waals surface area (Å²) in [5.41, 5.74) is 8.53. The lowest BCUT2D eigenvalue weighted by molar-refractivity contribution is 0.670. The largest absolute Gasteiger partial charge is 0.455 e. The summed E-state index contributed by atoms with van der Waals surface area (Å²) in [6, 6.07) is 52.2. The molecule has 0 N–H and O–H groups in total. The van der Waals surface area contributed by atoms with Gasteiger partial charge in [-0.3, -0.25) is 0 Å². The molecule has 8 aromatic carbocycles. The summed E-state index contributed by atoms with van der Waals surface area (Å²) in [4.78, 5) is 15.6. The molecule has 0 aliphatic carbocycles. The van der Waals surface area contributed by atoms with Gasteiger partial charge in [-0.05, 0) is 59.2 Å². The second kappa shape index (κ2) is 13.0. The third-order valence-electron chi connectivity index (χ3n) is 10.3. The zero-order valence-corrected chi connectivity index (χ0v) is 29.8. The Morgan fingerprint density at radius 2 is 1.04 bits per heavy atom. The summed E-state index contributed by atoms with van der Waals surface area (Å²) in [5, 5.41) is 3.49. The zero-order valence-electron chi connectivity index (χ0n) is 34.8. The van der Waals surface area contributed by atoms with E-state index in [1.165, 1.54) is 0 Å². The van der Waals surface area contributed by atoms with Crippen LogP contribution in [0.1, 0.15) is 6.85 Å². The number of furan rings is 1. The van der Waals surface area contributed by atoms with Crippen molar-refractivity contribution in [2.75, 3.05) is 0 Å². The van der Waals surface area contributed by atoms with Gasteiger partial charge in [0, 0.05) is 49.5 Å². The van der Waals surface area contributed by atoms with E-state index in [0.717, 1.165) is 55.1 Å². The molecule has 56 heavy (non-hydrogen) atoms. The molecule has 3 heterocycles. The number of aromatic nitrogens is 4. The number of rotatable bonds is 6. The van der Waals surface area contributed by atoms with Gasteiger partial charge >= 0.3 is 0 Å². The molecule has 11 aromatic rings. The third-order valence-corrected chi connectivity index (χ3v) is 10.3. The van der Waals surface area contributed by atoms with Crippen molar-refractivity contribution in [1.82, 2.24) is 19.5 Å². The Balaban J connectivity index is 1.22. The van der Waals surface area contributed by atoms with E-state index in [9.17, 15) is 0 Å². The molecule has 262 valence electrons. The van der Waals surface area contributed by atoms with Crippen molar-refractivity contribution < 1.29 is 11.3 Å². The summed E-state index contributed by atoms with van der Waals surface area (Å²) in [6.07, 6.45) is 0. The van der Waals surface area contributed by atoms with Gasteiger partial charge in [-0.15, -0.1) is 0 Å². The summed E-state index contributed by atoms with van der Waals surface area (Å²) in [7, 11) is 0. The van der Waals surface area contributed by atoms with Crippen LogP contribution in [0.4, 0.5) is 0 Å². The number of fused-ring (bicyclic) bond motifs is 6. The highest BCUT2D eigenvalue weighted by molar-refractivity contribution is 6.17. The van der Waals surface area contributed by atoms with Gasteiger partial charge in [0.05, 0.1) is 17.9 Å². The van der Waals surface area contributed by atoms with E-state index in [1.54, 1.807) is 0 Å². The molecule has 0 atom stereocenters. The van der Waals surface area contributed by atoms with Crippen LogP contribution in [0.5, 0.6) is 0 Å². The molecule has 5 heteroatoms. The number of nitrogens with zero attached hydrogens (tertiary/aromatic N) is 4. The monoisotopic (exact) mass is 721 g/mol. The first-order valence-electron chi connectivity index (χ1n) is 20.9. The van der Waals surface area contributed by atoms with E-state index in [0.29, 0.717) is 45.2 Å². The van der Waals surface area contributed by atoms with Crippen molar-refractivity contribution in [2.45, 2.75) is 0 Å². The molecule has 0 unspecified atom stereocenters. The fourth-order valence-corrected chi connectivity index (χ4v) is 7.88. The second-order valence-corrected chi connectivity index (χ2v) is 13.6. The van der Waals surface area contributed by atoms with Crippen LogP contribution < -0.4 is 0 Å². The Kier molecular flexibility index (Phi) is 6.29. The van der Waals surface area contributed by atoms with Gasteiger partial charge in [-0.2, -0.15) is 0 Å². The van der Waals surface area contributed by atoms with Gasteiger partial charge < -0.3 is 8.98 Å². The van der Waals surface area contributed by atoms with Crippen LogP contribution >= 0.6 is 0 Å². The quantitative estimate of drug-likeness (QED) is 0.172. The average molecular weight is 722 g/mol. The molecule has 0 fully saturated rings. The van der Waals surface area contributed by atoms with Crippen LogP contribution in [0.3, 0.4) is 0 Å². The Labute approximate surface area is 329 Å². The summed E-state index contributed by atoms with van der Waals surface area (Å²) in [6.45, 7) is 0. The Hall–Kier alpha value is -7.63. The van der Waals surface area contributed by atoms with Gasteiger partial charge in [0.15, 0.2) is 17.5 Å². The standard InChI is InChI=1S/C51H32N4O/c1-5-17-33(18-6-1)36-31-41(34-19-7-2-8-20-34)48-42(32-36)47-40(27-16-30-45(47)56-48)51-53-49(35-21-9-3-10-22-35)52-50(54-51)39-26-15-29-44-46(39)38-25-13-14-28-43(38)55(44)37-23-11-4-12-24-37/h1-32H/i2D,7D,8D,19D,20D. The van der Waals surface area contributed by atoms with Gasteiger partial charge in [0.2, 0.25) is 0 Å². The highest BCUT2D eigenvalue weighted by atomic mass is 16.3. The number of benzene rings is 8. The van der Waals surface area contributed by atoms with Gasteiger partial charge in [-0.1, -0.05) is 152 Å². The van der Waals surface area contributed by atoms with E-state index in [-0.39, 0.29) is 17.6 Å². The maximum absolute atomic E-state index is 8.96. The van der Waals surface area contributed by atoms with E-state index >= 15 is 0 Å². The first-order valence-corrected chi connectivity index (χ1v) is 18.4. The smallest absolute Gasteiger partial charge is 0.164 e. The fraction of sp³-hybridized carbons (Fsp3) is 0. The van der Waals surface area contributed by atoms with Gasteiger partial charge in [-0.25, -0.2) is 15.0 Å². The van der Waals surface area contributed by atoms with Crippen molar-refractivity contribution in [3.63, 3.8) is 0 Å². The fourth-order valence-electron chi connectivity index (χ4n) is 7.88. The van der Waals surface area contributed by atoms with Crippen molar-refractivity contribution >= 4 is 43.7 Å². The molecule has 0 spiro atoms. The lowest BCUT2D eigenvalue weighted by atomic mass is 9.95. The molecule has 0 bridgehead atoms. The molecule has 0 aliphatic heterocycles. The Bertz CT molecular complexity index is 3500. The topological polar surface area (TPSA) is 56.7 Å². The first kappa shape index (κ1) is 27.0. The molecular weight excluding hydrogens is 685 g/mol. The van der Waals surface area contributed by atoms with Crippen LogP contribution in [-0.4, -0.2) is 19.5 Å². The summed E-state index contributed by atoms with van der Waals surface area (Å²) < 4.78 is 52.2. The number of para-hydroxylation sites is 2. The highest BCUT2D eigenvalue weighted by Gasteiger charge is 2.23. The van der Waals surface area contributed by atoms with E-state index < -0.39 is 18.1 Å². The van der Waals surface area contributed by atoms with Crippen molar-refractivity contribution in [3.05, 3.63) is 194 Å². The van der Waals surface area contributed by atoms with Gasteiger partial charge in [0.1, 0.15) is 11.2 Å². The van der Waals surface area contributed by atoms with Crippen LogP contribution in [-0.2, 0) is 0 Å². The summed E-state index contributed by atoms with van der Waals surface area (Å²) in [5.74, 6) is 1.43. The lowest BCUT2D eigenvalue weighted by Crippen LogP contribution is -2.01. The molecule has 0 radical (unpaired) electrons. The predicted molar refractivity (Wildman–Crippen MR) is 229 cm³/mol. The maximum Gasteiger partial charge on any atom is 0.164 e. The second-order valence-electron chi connectivity index (χ2n) is 13.6. The van der Waals surface area contributed by atoms with Crippen molar-refractivity contribution in [1.29, 1.82) is 0 Å². The minimum absolute atomic E-state index is 0.0611. The molecule has 0 saturated heterocycles. The Morgan fingerprint density at radius 1 is 0.429 bits per heavy atom. The molecule has 11 rings (SSSR count). The Morgan fingerprint density at radius 3 is 1.79 bits per heavy atom. The van der Waals surface area contributed by atoms with Crippen LogP contribution in [0.15, 0.2) is 198 Å². The minimum Gasteiger partial charge on any atom is -0.455 e. The zero-order chi connectivity index (χ0) is 41.4. The normalized spacial score (nSPS) is 12.8. The van der Waals surface area contributed by atoms with Crippen molar-refractivity contribution in [2.24, 2.45) is 0 Å². The molecule has 0 saturated carbocycles. The maximum atomic E-state index is 8.96. The van der Waals surface area contributed by atoms with Gasteiger partial charge in [0.25, 0.3) is 0 Å². The number of hydrogen-bond donors (Lipinski definition) is 0. The third kappa shape index (κ3) is 5.21. The highest BCUT2D eigenvalue weighted by Crippen LogP contribution is 2.44. The lowest BCUT2D eigenvalue weighted by Gasteiger charge is -2.11. The SMILES string of the molecule is [2H]c1c([2H])c([2H])c(-c2cc(-c3ccccc3)cc3c2oc2cccc(-c4nc(-c5ccccc5)nc(-c5cccc6c5c5ccccc5n6-c5ccccc5)n4)c23)c([2H])c1[2H]. The predicted octanol–water partition coefficient (Wildman–Crippen LogP) is 13.2. The summed E-state index contributed by atoms with van der Waals surface area (Å²) >= 11 is 0. The van der Waals surface area contributed by atoms with Crippen molar-refractivity contribution in [3.8, 4) is 62.1 Å². The molecule has 0 amide bonds.